The molecule has 1 fully saturated rings. The van der Waals surface area contributed by atoms with Crippen LogP contribution in [0.5, 0.6) is 0 Å². The van der Waals surface area contributed by atoms with Gasteiger partial charge in [-0.25, -0.2) is 4.79 Å². The zero-order chi connectivity index (χ0) is 21.0. The number of ether oxygens (including phenoxy) is 1. The Hall–Kier alpha value is -2.08. The van der Waals surface area contributed by atoms with E-state index in [0.717, 1.165) is 32.2 Å². The summed E-state index contributed by atoms with van der Waals surface area (Å²) in [4.78, 5) is 26.7. The van der Waals surface area contributed by atoms with Crippen molar-refractivity contribution in [1.82, 2.24) is 15.5 Å². The number of nitrogens with one attached hydrogen (secondary N) is 2. The van der Waals surface area contributed by atoms with Crippen LogP contribution >= 0.6 is 0 Å². The molecule has 2 aliphatic rings. The minimum Gasteiger partial charge on any atom is -0.444 e. The molecule has 0 saturated carbocycles. The number of rotatable bonds is 5. The fourth-order valence-electron chi connectivity index (χ4n) is 4.55. The summed E-state index contributed by atoms with van der Waals surface area (Å²) in [6.45, 7) is 9.61. The molecule has 0 aromatic heterocycles. The van der Waals surface area contributed by atoms with E-state index in [2.05, 4.69) is 46.7 Å². The summed E-state index contributed by atoms with van der Waals surface area (Å²) in [6, 6.07) is 8.82. The molecule has 3 unspecified atom stereocenters. The van der Waals surface area contributed by atoms with Crippen LogP contribution in [0.15, 0.2) is 24.3 Å². The van der Waals surface area contributed by atoms with Gasteiger partial charge in [-0.2, -0.15) is 0 Å². The summed E-state index contributed by atoms with van der Waals surface area (Å²) < 4.78 is 5.32. The molecule has 3 rings (SSSR count). The molecule has 1 heterocycles. The van der Waals surface area contributed by atoms with Gasteiger partial charge in [0.25, 0.3) is 0 Å². The Kier molecular flexibility index (Phi) is 6.83. The number of fused-ring (bicyclic) bond motifs is 1. The molecule has 1 saturated heterocycles. The third-order valence-corrected chi connectivity index (χ3v) is 5.81. The maximum atomic E-state index is 12.7. The molecule has 1 aliphatic carbocycles. The second kappa shape index (κ2) is 9.16. The van der Waals surface area contributed by atoms with Gasteiger partial charge in [-0.15, -0.1) is 0 Å². The first kappa shape index (κ1) is 21.6. The van der Waals surface area contributed by atoms with Crippen molar-refractivity contribution in [3.8, 4) is 0 Å². The molecule has 29 heavy (non-hydrogen) atoms. The van der Waals surface area contributed by atoms with Crippen LogP contribution < -0.4 is 10.6 Å². The lowest BCUT2D eigenvalue weighted by Gasteiger charge is -2.34. The van der Waals surface area contributed by atoms with Crippen LogP contribution in [0, 0.1) is 0 Å². The van der Waals surface area contributed by atoms with Gasteiger partial charge in [-0.1, -0.05) is 31.2 Å². The number of carbonyl (C=O) groups is 2. The van der Waals surface area contributed by atoms with Gasteiger partial charge in [0.2, 0.25) is 5.91 Å². The van der Waals surface area contributed by atoms with E-state index >= 15 is 0 Å². The summed E-state index contributed by atoms with van der Waals surface area (Å²) in [5.41, 5.74) is 2.30. The van der Waals surface area contributed by atoms with Crippen LogP contribution in [0.25, 0.3) is 0 Å². The zero-order valence-electron chi connectivity index (χ0n) is 18.2. The van der Waals surface area contributed by atoms with Gasteiger partial charge >= 0.3 is 6.09 Å². The van der Waals surface area contributed by atoms with Crippen molar-refractivity contribution in [1.29, 1.82) is 0 Å². The van der Waals surface area contributed by atoms with Gasteiger partial charge in [-0.05, 0) is 57.6 Å². The lowest BCUT2D eigenvalue weighted by molar-refractivity contribution is -0.123. The predicted octanol–water partition coefficient (Wildman–Crippen LogP) is 3.21. The number of aryl methyl sites for hydroxylation is 1. The highest BCUT2D eigenvalue weighted by Crippen LogP contribution is 2.34. The fraction of sp³-hybridized carbons (Fsp3) is 0.652. The molecular formula is C23H35N3O3. The molecule has 0 radical (unpaired) electrons. The first-order valence-corrected chi connectivity index (χ1v) is 10.8. The van der Waals surface area contributed by atoms with Crippen LogP contribution in [0.2, 0.25) is 0 Å². The first-order valence-electron chi connectivity index (χ1n) is 10.8. The minimum absolute atomic E-state index is 0.0302. The van der Waals surface area contributed by atoms with E-state index in [-0.39, 0.29) is 24.1 Å². The second-order valence-corrected chi connectivity index (χ2v) is 9.29. The van der Waals surface area contributed by atoms with E-state index < -0.39 is 5.60 Å². The van der Waals surface area contributed by atoms with E-state index in [1.54, 1.807) is 0 Å². The van der Waals surface area contributed by atoms with Crippen LogP contribution in [-0.2, 0) is 16.0 Å². The average molecular weight is 402 g/mol. The lowest BCUT2D eigenvalue weighted by atomic mass is 9.78. The molecule has 6 nitrogen and oxygen atoms in total. The van der Waals surface area contributed by atoms with Gasteiger partial charge in [0.15, 0.2) is 0 Å². The maximum absolute atomic E-state index is 12.7. The van der Waals surface area contributed by atoms with E-state index in [4.69, 9.17) is 4.74 Å². The molecule has 2 amide bonds. The number of nitrogens with zero attached hydrogens (tertiary/aromatic N) is 1. The van der Waals surface area contributed by atoms with Gasteiger partial charge in [0.05, 0.1) is 6.54 Å². The Morgan fingerprint density at radius 1 is 1.17 bits per heavy atom. The van der Waals surface area contributed by atoms with Crippen molar-refractivity contribution in [2.75, 3.05) is 19.6 Å². The fourth-order valence-corrected chi connectivity index (χ4v) is 4.55. The third kappa shape index (κ3) is 5.95. The summed E-state index contributed by atoms with van der Waals surface area (Å²) in [5, 5.41) is 6.19. The largest absolute Gasteiger partial charge is 0.444 e. The first-order chi connectivity index (χ1) is 13.7. The molecule has 1 aliphatic heterocycles. The average Bonchev–Trinajstić information content (AvgIpc) is 3.06. The van der Waals surface area contributed by atoms with Gasteiger partial charge in [0.1, 0.15) is 5.60 Å². The highest BCUT2D eigenvalue weighted by Gasteiger charge is 2.31. The molecule has 0 spiro atoms. The smallest absolute Gasteiger partial charge is 0.407 e. The summed E-state index contributed by atoms with van der Waals surface area (Å²) in [6.07, 6.45) is 3.47. The number of alkyl carbamates (subject to hydrolysis) is 1. The Morgan fingerprint density at radius 2 is 1.93 bits per heavy atom. The minimum atomic E-state index is -0.503. The number of amides is 2. The molecule has 0 bridgehead atoms. The zero-order valence-corrected chi connectivity index (χ0v) is 18.2. The van der Waals surface area contributed by atoms with Crippen molar-refractivity contribution < 1.29 is 14.3 Å². The van der Waals surface area contributed by atoms with Crippen LogP contribution in [0.3, 0.4) is 0 Å². The van der Waals surface area contributed by atoms with Crippen molar-refractivity contribution in [3.63, 3.8) is 0 Å². The van der Waals surface area contributed by atoms with E-state index in [9.17, 15) is 9.59 Å². The van der Waals surface area contributed by atoms with Crippen LogP contribution in [0.4, 0.5) is 4.79 Å². The third-order valence-electron chi connectivity index (χ3n) is 5.81. The molecule has 1 aromatic carbocycles. The molecule has 160 valence electrons. The van der Waals surface area contributed by atoms with E-state index in [0.29, 0.717) is 19.0 Å². The Morgan fingerprint density at radius 3 is 2.66 bits per heavy atom. The number of benzene rings is 1. The molecule has 2 N–H and O–H groups in total. The van der Waals surface area contributed by atoms with E-state index in [1.807, 2.05) is 20.8 Å². The lowest BCUT2D eigenvalue weighted by Crippen LogP contribution is -2.46. The Bertz CT molecular complexity index is 728. The summed E-state index contributed by atoms with van der Waals surface area (Å²) in [5.74, 6) is 0.454. The molecular weight excluding hydrogens is 366 g/mol. The van der Waals surface area contributed by atoms with Gasteiger partial charge in [-0.3, -0.25) is 9.69 Å². The summed E-state index contributed by atoms with van der Waals surface area (Å²) >= 11 is 0. The highest BCUT2D eigenvalue weighted by molar-refractivity contribution is 5.78. The van der Waals surface area contributed by atoms with Crippen molar-refractivity contribution in [3.05, 3.63) is 35.4 Å². The van der Waals surface area contributed by atoms with Crippen molar-refractivity contribution in [2.24, 2.45) is 0 Å². The quantitative estimate of drug-likeness (QED) is 0.795. The topological polar surface area (TPSA) is 70.7 Å². The monoisotopic (exact) mass is 401 g/mol. The van der Waals surface area contributed by atoms with Gasteiger partial charge in [0, 0.05) is 31.1 Å². The molecule has 6 heteroatoms. The van der Waals surface area contributed by atoms with Crippen molar-refractivity contribution >= 4 is 12.0 Å². The van der Waals surface area contributed by atoms with Gasteiger partial charge < -0.3 is 15.4 Å². The maximum Gasteiger partial charge on any atom is 0.407 e. The standard InChI is InChI=1S/C23H35N3O3/c1-5-18-19-9-7-6-8-16(19)10-11-20(18)25-21(27)15-26-13-12-17(14-26)24-22(28)29-23(2,3)4/h6-9,17-18,20H,5,10-15H2,1-4H3,(H,24,28)(H,25,27). The molecule has 3 atom stereocenters. The van der Waals surface area contributed by atoms with E-state index in [1.165, 1.54) is 11.1 Å². The second-order valence-electron chi connectivity index (χ2n) is 9.29. The molecule has 1 aromatic rings. The normalized spacial score (nSPS) is 24.6. The Labute approximate surface area is 174 Å². The number of carbonyl (C=O) groups excluding carboxylic acids is 2. The Balaban J connectivity index is 1.47. The SMILES string of the molecule is CCC1c2ccccc2CCC1NC(=O)CN1CCC(NC(=O)OC(C)(C)C)C1. The highest BCUT2D eigenvalue weighted by atomic mass is 16.6. The number of likely N-dealkylation sites (tertiary alicyclic amines) is 1. The number of hydrogen-bond acceptors (Lipinski definition) is 4. The number of hydrogen-bond donors (Lipinski definition) is 2. The van der Waals surface area contributed by atoms with Crippen LogP contribution in [0.1, 0.15) is 64.0 Å². The predicted molar refractivity (Wildman–Crippen MR) is 114 cm³/mol. The van der Waals surface area contributed by atoms with Crippen LogP contribution in [-0.4, -0.2) is 54.2 Å². The van der Waals surface area contributed by atoms with Crippen molar-refractivity contribution in [2.45, 2.75) is 77.0 Å². The summed E-state index contributed by atoms with van der Waals surface area (Å²) in [7, 11) is 0.